The summed E-state index contributed by atoms with van der Waals surface area (Å²) in [5.41, 5.74) is 1.28. The second kappa shape index (κ2) is 11.1. The van der Waals surface area contributed by atoms with Crippen molar-refractivity contribution in [1.82, 2.24) is 10.6 Å². The second-order valence-electron chi connectivity index (χ2n) is 6.66. The molecule has 2 rings (SSSR count). The van der Waals surface area contributed by atoms with Gasteiger partial charge in [-0.2, -0.15) is 5.26 Å². The second-order valence-corrected chi connectivity index (χ2v) is 7.09. The van der Waals surface area contributed by atoms with Crippen molar-refractivity contribution in [3.05, 3.63) is 64.7 Å². The Morgan fingerprint density at radius 2 is 1.93 bits per heavy atom. The van der Waals surface area contributed by atoms with Gasteiger partial charge in [0.25, 0.3) is 5.91 Å². The fraction of sp³-hybridized carbons (Fsp3) is 0.318. The van der Waals surface area contributed by atoms with E-state index in [9.17, 15) is 9.59 Å². The highest BCUT2D eigenvalue weighted by atomic mass is 35.5. The van der Waals surface area contributed by atoms with Gasteiger partial charge >= 0.3 is 0 Å². The largest absolute Gasteiger partial charge is 0.479 e. The standard InChI is InChI=1S/C22H24ClN3O3/c1-3-15(2)20(26-21(27)17-7-9-18(23)10-8-17)22(28)25-14-16-5-4-6-19(13-16)29-12-11-24/h4-10,13,15,20H,3,12,14H2,1-2H3,(H,25,28)(H,26,27). The first-order valence-corrected chi connectivity index (χ1v) is 9.75. The molecule has 2 N–H and O–H groups in total. The average Bonchev–Trinajstić information content (AvgIpc) is 2.74. The maximum absolute atomic E-state index is 12.8. The van der Waals surface area contributed by atoms with Gasteiger partial charge in [-0.25, -0.2) is 0 Å². The van der Waals surface area contributed by atoms with Gasteiger partial charge in [0.05, 0.1) is 0 Å². The Labute approximate surface area is 175 Å². The number of amides is 2. The SMILES string of the molecule is CCC(C)C(NC(=O)c1ccc(Cl)cc1)C(=O)NCc1cccc(OCC#N)c1. The number of hydrogen-bond acceptors (Lipinski definition) is 4. The molecule has 0 saturated carbocycles. The number of nitrogens with zero attached hydrogens (tertiary/aromatic N) is 1. The summed E-state index contributed by atoms with van der Waals surface area (Å²) in [6, 6.07) is 14.9. The molecule has 0 heterocycles. The number of carbonyl (C=O) groups excluding carboxylic acids is 2. The number of benzene rings is 2. The predicted octanol–water partition coefficient (Wildman–Crippen LogP) is 3.70. The van der Waals surface area contributed by atoms with Gasteiger partial charge in [-0.1, -0.05) is 44.0 Å². The van der Waals surface area contributed by atoms with Gasteiger partial charge in [-0.05, 0) is 47.9 Å². The van der Waals surface area contributed by atoms with E-state index in [1.54, 1.807) is 42.5 Å². The van der Waals surface area contributed by atoms with Crippen molar-refractivity contribution in [1.29, 1.82) is 5.26 Å². The Hall–Kier alpha value is -3.04. The quantitative estimate of drug-likeness (QED) is 0.655. The van der Waals surface area contributed by atoms with E-state index in [2.05, 4.69) is 10.6 Å². The Bertz CT molecular complexity index is 878. The molecule has 7 heteroatoms. The van der Waals surface area contributed by atoms with Gasteiger partial charge in [-0.15, -0.1) is 0 Å². The van der Waals surface area contributed by atoms with Crippen LogP contribution in [0, 0.1) is 17.2 Å². The van der Waals surface area contributed by atoms with Crippen LogP contribution in [0.2, 0.25) is 5.02 Å². The highest BCUT2D eigenvalue weighted by Crippen LogP contribution is 2.15. The number of carbonyl (C=O) groups is 2. The fourth-order valence-electron chi connectivity index (χ4n) is 2.69. The molecule has 0 bridgehead atoms. The molecule has 0 aliphatic carbocycles. The first-order chi connectivity index (χ1) is 13.9. The lowest BCUT2D eigenvalue weighted by molar-refractivity contribution is -0.124. The van der Waals surface area contributed by atoms with Crippen LogP contribution in [0.5, 0.6) is 5.75 Å². The third kappa shape index (κ3) is 6.81. The number of nitriles is 1. The summed E-state index contributed by atoms with van der Waals surface area (Å²) in [4.78, 5) is 25.3. The van der Waals surface area contributed by atoms with Crippen molar-refractivity contribution in [3.8, 4) is 11.8 Å². The summed E-state index contributed by atoms with van der Waals surface area (Å²) in [6.45, 7) is 4.13. The Balaban J connectivity index is 2.02. The molecule has 152 valence electrons. The molecule has 0 aromatic heterocycles. The van der Waals surface area contributed by atoms with Crippen molar-refractivity contribution in [2.75, 3.05) is 6.61 Å². The molecule has 29 heavy (non-hydrogen) atoms. The predicted molar refractivity (Wildman–Crippen MR) is 112 cm³/mol. The highest BCUT2D eigenvalue weighted by Gasteiger charge is 2.26. The normalized spacial score (nSPS) is 12.3. The summed E-state index contributed by atoms with van der Waals surface area (Å²) in [6.07, 6.45) is 0.733. The molecule has 6 nitrogen and oxygen atoms in total. The minimum atomic E-state index is -0.666. The molecular formula is C22H24ClN3O3. The van der Waals surface area contributed by atoms with Crippen molar-refractivity contribution >= 4 is 23.4 Å². The van der Waals surface area contributed by atoms with Crippen LogP contribution in [0.15, 0.2) is 48.5 Å². The van der Waals surface area contributed by atoms with Gasteiger partial charge in [0, 0.05) is 17.1 Å². The zero-order valence-corrected chi connectivity index (χ0v) is 17.2. The van der Waals surface area contributed by atoms with Crippen LogP contribution >= 0.6 is 11.6 Å². The van der Waals surface area contributed by atoms with E-state index in [4.69, 9.17) is 21.6 Å². The van der Waals surface area contributed by atoms with Crippen LogP contribution in [0.1, 0.15) is 36.2 Å². The first-order valence-electron chi connectivity index (χ1n) is 9.37. The van der Waals surface area contributed by atoms with Crippen LogP contribution in [0.25, 0.3) is 0 Å². The molecule has 2 unspecified atom stereocenters. The molecule has 2 aromatic carbocycles. The Morgan fingerprint density at radius 3 is 2.59 bits per heavy atom. The average molecular weight is 414 g/mol. The molecule has 0 radical (unpaired) electrons. The zero-order chi connectivity index (χ0) is 21.2. The smallest absolute Gasteiger partial charge is 0.251 e. The molecular weight excluding hydrogens is 390 g/mol. The van der Waals surface area contributed by atoms with Gasteiger partial charge in [0.15, 0.2) is 6.61 Å². The van der Waals surface area contributed by atoms with Crippen LogP contribution < -0.4 is 15.4 Å². The molecule has 2 amide bonds. The van der Waals surface area contributed by atoms with E-state index in [0.717, 1.165) is 12.0 Å². The lowest BCUT2D eigenvalue weighted by Gasteiger charge is -2.23. The van der Waals surface area contributed by atoms with E-state index in [1.165, 1.54) is 0 Å². The van der Waals surface area contributed by atoms with Crippen LogP contribution in [0.4, 0.5) is 0 Å². The monoisotopic (exact) mass is 413 g/mol. The topological polar surface area (TPSA) is 91.2 Å². The zero-order valence-electron chi connectivity index (χ0n) is 16.4. The van der Waals surface area contributed by atoms with Gasteiger partial charge in [0.1, 0.15) is 17.9 Å². The van der Waals surface area contributed by atoms with Crippen molar-refractivity contribution in [3.63, 3.8) is 0 Å². The summed E-state index contributed by atoms with van der Waals surface area (Å²) in [5.74, 6) is -0.0663. The molecule has 2 atom stereocenters. The summed E-state index contributed by atoms with van der Waals surface area (Å²) in [5, 5.41) is 14.8. The van der Waals surface area contributed by atoms with E-state index in [1.807, 2.05) is 26.0 Å². The van der Waals surface area contributed by atoms with Gasteiger partial charge in [-0.3, -0.25) is 9.59 Å². The maximum atomic E-state index is 12.8. The van der Waals surface area contributed by atoms with Crippen LogP contribution in [-0.2, 0) is 11.3 Å². The van der Waals surface area contributed by atoms with E-state index >= 15 is 0 Å². The third-order valence-electron chi connectivity index (χ3n) is 4.56. The summed E-state index contributed by atoms with van der Waals surface area (Å²) < 4.78 is 5.28. The van der Waals surface area contributed by atoms with E-state index in [-0.39, 0.29) is 30.9 Å². The Morgan fingerprint density at radius 1 is 1.21 bits per heavy atom. The lowest BCUT2D eigenvalue weighted by Crippen LogP contribution is -2.50. The summed E-state index contributed by atoms with van der Waals surface area (Å²) in [7, 11) is 0. The Kier molecular flexibility index (Phi) is 8.50. The number of nitrogens with one attached hydrogen (secondary N) is 2. The molecule has 0 aliphatic rings. The van der Waals surface area contributed by atoms with Gasteiger partial charge < -0.3 is 15.4 Å². The van der Waals surface area contributed by atoms with Gasteiger partial charge in [0.2, 0.25) is 5.91 Å². The van der Waals surface area contributed by atoms with Crippen LogP contribution in [-0.4, -0.2) is 24.5 Å². The third-order valence-corrected chi connectivity index (χ3v) is 4.81. The minimum Gasteiger partial charge on any atom is -0.479 e. The first kappa shape index (κ1) is 22.3. The maximum Gasteiger partial charge on any atom is 0.251 e. The van der Waals surface area contributed by atoms with Crippen molar-refractivity contribution < 1.29 is 14.3 Å². The van der Waals surface area contributed by atoms with Crippen molar-refractivity contribution in [2.45, 2.75) is 32.9 Å². The molecule has 0 aliphatic heterocycles. The summed E-state index contributed by atoms with van der Waals surface area (Å²) >= 11 is 5.86. The van der Waals surface area contributed by atoms with E-state index in [0.29, 0.717) is 16.3 Å². The number of ether oxygens (including phenoxy) is 1. The molecule has 0 fully saturated rings. The lowest BCUT2D eigenvalue weighted by atomic mass is 9.97. The molecule has 2 aromatic rings. The van der Waals surface area contributed by atoms with Crippen molar-refractivity contribution in [2.24, 2.45) is 5.92 Å². The number of hydrogen-bond donors (Lipinski definition) is 2. The van der Waals surface area contributed by atoms with E-state index < -0.39 is 6.04 Å². The molecule has 0 spiro atoms. The number of rotatable bonds is 9. The molecule has 0 saturated heterocycles. The highest BCUT2D eigenvalue weighted by molar-refractivity contribution is 6.30. The number of halogens is 1. The fourth-order valence-corrected chi connectivity index (χ4v) is 2.81. The van der Waals surface area contributed by atoms with Crippen LogP contribution in [0.3, 0.4) is 0 Å². The minimum absolute atomic E-state index is 0.0391.